The Morgan fingerprint density at radius 2 is 1.48 bits per heavy atom. The smallest absolute Gasteiger partial charge is 0.264 e. The average Bonchev–Trinajstić information content (AvgIpc) is 3.01. The third-order valence-electron chi connectivity index (χ3n) is 7.62. The molecule has 4 aromatic rings. The lowest BCUT2D eigenvalue weighted by atomic mass is 10.0. The monoisotopic (exact) mass is 615 g/mol. The van der Waals surface area contributed by atoms with E-state index in [0.29, 0.717) is 23.4 Å². The SMILES string of the molecule is CCNC(=O)[C@@H](Cc1ccccc1)N(Cc1ccc(F)cc1)C(=O)CN(c1cccc(C)c1C)S(=O)(=O)c1ccc(C)cc1. The first-order valence-electron chi connectivity index (χ1n) is 14.5. The van der Waals surface area contributed by atoms with Gasteiger partial charge in [-0.2, -0.15) is 0 Å². The van der Waals surface area contributed by atoms with Crippen molar-refractivity contribution in [2.24, 2.45) is 0 Å². The van der Waals surface area contributed by atoms with Gasteiger partial charge in [0, 0.05) is 19.5 Å². The minimum absolute atomic E-state index is 0.0288. The highest BCUT2D eigenvalue weighted by Crippen LogP contribution is 2.29. The summed E-state index contributed by atoms with van der Waals surface area (Å²) >= 11 is 0. The molecule has 0 spiro atoms. The standard InChI is InChI=1S/C35H38FN3O4S/c1-5-37-35(41)33(22-28-11-7-6-8-12-28)38(23-29-16-18-30(36)19-17-29)34(40)24-39(32-13-9-10-26(3)27(32)4)44(42,43)31-20-14-25(2)15-21-31/h6-21,33H,5,22-24H2,1-4H3,(H,37,41)/t33-/m1/s1. The second-order valence-corrected chi connectivity index (χ2v) is 12.7. The predicted octanol–water partition coefficient (Wildman–Crippen LogP) is 5.72. The van der Waals surface area contributed by atoms with Crippen LogP contribution >= 0.6 is 0 Å². The van der Waals surface area contributed by atoms with Crippen molar-refractivity contribution < 1.29 is 22.4 Å². The zero-order chi connectivity index (χ0) is 31.9. The Kier molecular flexibility index (Phi) is 10.5. The van der Waals surface area contributed by atoms with Crippen molar-refractivity contribution in [1.29, 1.82) is 0 Å². The van der Waals surface area contributed by atoms with Crippen LogP contribution in [0.1, 0.15) is 34.7 Å². The normalized spacial score (nSPS) is 11.9. The summed E-state index contributed by atoms with van der Waals surface area (Å²) in [7, 11) is -4.20. The largest absolute Gasteiger partial charge is 0.355 e. The van der Waals surface area contributed by atoms with Crippen molar-refractivity contribution in [1.82, 2.24) is 10.2 Å². The number of amides is 2. The number of carbonyl (C=O) groups is 2. The summed E-state index contributed by atoms with van der Waals surface area (Å²) in [5.74, 6) is -1.37. The summed E-state index contributed by atoms with van der Waals surface area (Å²) in [4.78, 5) is 29.4. The maximum Gasteiger partial charge on any atom is 0.264 e. The third kappa shape index (κ3) is 7.71. The van der Waals surface area contributed by atoms with Gasteiger partial charge in [0.05, 0.1) is 10.6 Å². The van der Waals surface area contributed by atoms with Crippen LogP contribution in [-0.2, 0) is 32.6 Å². The fourth-order valence-corrected chi connectivity index (χ4v) is 6.46. The van der Waals surface area contributed by atoms with E-state index in [4.69, 9.17) is 0 Å². The van der Waals surface area contributed by atoms with Gasteiger partial charge >= 0.3 is 0 Å². The van der Waals surface area contributed by atoms with Gasteiger partial charge in [0.1, 0.15) is 18.4 Å². The van der Waals surface area contributed by atoms with Crippen molar-refractivity contribution in [3.63, 3.8) is 0 Å². The molecule has 0 bridgehead atoms. The molecule has 9 heteroatoms. The first-order chi connectivity index (χ1) is 21.0. The van der Waals surface area contributed by atoms with Crippen LogP contribution in [0.3, 0.4) is 0 Å². The lowest BCUT2D eigenvalue weighted by Gasteiger charge is -2.34. The number of nitrogens with one attached hydrogen (secondary N) is 1. The van der Waals surface area contributed by atoms with E-state index in [1.165, 1.54) is 29.2 Å². The van der Waals surface area contributed by atoms with Crippen molar-refractivity contribution in [2.45, 2.75) is 51.6 Å². The molecule has 0 unspecified atom stereocenters. The van der Waals surface area contributed by atoms with Gasteiger partial charge in [0.15, 0.2) is 0 Å². The van der Waals surface area contributed by atoms with Crippen molar-refractivity contribution in [3.05, 3.63) is 131 Å². The second-order valence-electron chi connectivity index (χ2n) is 10.8. The van der Waals surface area contributed by atoms with Gasteiger partial charge in [0.2, 0.25) is 11.8 Å². The fourth-order valence-electron chi connectivity index (χ4n) is 4.99. The second kappa shape index (κ2) is 14.3. The van der Waals surface area contributed by atoms with E-state index in [1.54, 1.807) is 43.3 Å². The molecule has 7 nitrogen and oxygen atoms in total. The van der Waals surface area contributed by atoms with Gasteiger partial charge < -0.3 is 10.2 Å². The van der Waals surface area contributed by atoms with Gasteiger partial charge in [-0.15, -0.1) is 0 Å². The van der Waals surface area contributed by atoms with E-state index in [1.807, 2.05) is 57.2 Å². The first kappa shape index (κ1) is 32.4. The number of hydrogen-bond donors (Lipinski definition) is 1. The van der Waals surface area contributed by atoms with E-state index < -0.39 is 34.3 Å². The Morgan fingerprint density at radius 3 is 2.11 bits per heavy atom. The van der Waals surface area contributed by atoms with Crippen molar-refractivity contribution in [3.8, 4) is 0 Å². The number of rotatable bonds is 12. The maximum absolute atomic E-state index is 14.4. The molecule has 2 amide bonds. The van der Waals surface area contributed by atoms with Crippen LogP contribution in [0.2, 0.25) is 0 Å². The summed E-state index contributed by atoms with van der Waals surface area (Å²) in [5.41, 5.74) is 4.28. The summed E-state index contributed by atoms with van der Waals surface area (Å²) in [6.07, 6.45) is 0.202. The highest BCUT2D eigenvalue weighted by atomic mass is 32.2. The van der Waals surface area contributed by atoms with E-state index in [2.05, 4.69) is 5.32 Å². The molecular formula is C35H38FN3O4S. The minimum Gasteiger partial charge on any atom is -0.355 e. The maximum atomic E-state index is 14.4. The molecule has 4 aromatic carbocycles. The lowest BCUT2D eigenvalue weighted by molar-refractivity contribution is -0.140. The average molecular weight is 616 g/mol. The lowest BCUT2D eigenvalue weighted by Crippen LogP contribution is -2.53. The third-order valence-corrected chi connectivity index (χ3v) is 9.39. The van der Waals surface area contributed by atoms with Crippen LogP contribution in [0.5, 0.6) is 0 Å². The van der Waals surface area contributed by atoms with Gasteiger partial charge in [-0.25, -0.2) is 12.8 Å². The van der Waals surface area contributed by atoms with Crippen LogP contribution in [0.15, 0.2) is 102 Å². The zero-order valence-electron chi connectivity index (χ0n) is 25.5. The molecule has 0 aliphatic heterocycles. The molecule has 0 aromatic heterocycles. The Balaban J connectivity index is 1.82. The Hall–Kier alpha value is -4.50. The van der Waals surface area contributed by atoms with E-state index in [-0.39, 0.29) is 23.8 Å². The van der Waals surface area contributed by atoms with Gasteiger partial charge in [-0.05, 0) is 80.3 Å². The molecule has 0 aliphatic rings. The first-order valence-corrected chi connectivity index (χ1v) is 16.0. The Bertz CT molecular complexity index is 1690. The van der Waals surface area contributed by atoms with Crippen LogP contribution in [0.4, 0.5) is 10.1 Å². The molecule has 4 rings (SSSR count). The van der Waals surface area contributed by atoms with Crippen LogP contribution < -0.4 is 9.62 Å². The quantitative estimate of drug-likeness (QED) is 0.221. The number of halogens is 1. The number of benzene rings is 4. The molecule has 0 saturated carbocycles. The van der Waals surface area contributed by atoms with E-state index in [0.717, 1.165) is 21.0 Å². The predicted molar refractivity (Wildman–Crippen MR) is 171 cm³/mol. The fraction of sp³-hybridized carbons (Fsp3) is 0.257. The Labute approximate surface area is 259 Å². The minimum atomic E-state index is -4.20. The highest BCUT2D eigenvalue weighted by Gasteiger charge is 2.35. The Morgan fingerprint density at radius 1 is 0.818 bits per heavy atom. The summed E-state index contributed by atoms with van der Waals surface area (Å²) in [6.45, 7) is 7.12. The molecule has 1 N–H and O–H groups in total. The van der Waals surface area contributed by atoms with Gasteiger partial charge in [-0.3, -0.25) is 13.9 Å². The van der Waals surface area contributed by atoms with Gasteiger partial charge in [0.25, 0.3) is 10.0 Å². The van der Waals surface area contributed by atoms with Crippen LogP contribution in [0, 0.1) is 26.6 Å². The molecule has 230 valence electrons. The highest BCUT2D eigenvalue weighted by molar-refractivity contribution is 7.92. The number of carbonyl (C=O) groups excluding carboxylic acids is 2. The molecule has 0 fully saturated rings. The van der Waals surface area contributed by atoms with E-state index >= 15 is 0 Å². The number of nitrogens with zero attached hydrogens (tertiary/aromatic N) is 2. The number of anilines is 1. The number of likely N-dealkylation sites (N-methyl/N-ethyl adjacent to an activating group) is 1. The molecule has 0 radical (unpaired) electrons. The van der Waals surface area contributed by atoms with Gasteiger partial charge in [-0.1, -0.05) is 72.3 Å². The zero-order valence-corrected chi connectivity index (χ0v) is 26.3. The number of hydrogen-bond acceptors (Lipinski definition) is 4. The molecule has 0 saturated heterocycles. The van der Waals surface area contributed by atoms with Crippen LogP contribution in [0.25, 0.3) is 0 Å². The topological polar surface area (TPSA) is 86.8 Å². The molecule has 0 heterocycles. The summed E-state index contributed by atoms with van der Waals surface area (Å²) in [5, 5.41) is 2.83. The summed E-state index contributed by atoms with van der Waals surface area (Å²) < 4.78 is 43.3. The molecular weight excluding hydrogens is 577 g/mol. The molecule has 0 aliphatic carbocycles. The number of aryl methyl sites for hydroxylation is 2. The van der Waals surface area contributed by atoms with Crippen molar-refractivity contribution >= 4 is 27.5 Å². The number of sulfonamides is 1. The van der Waals surface area contributed by atoms with Crippen LogP contribution in [-0.4, -0.2) is 44.3 Å². The molecule has 1 atom stereocenters. The summed E-state index contributed by atoms with van der Waals surface area (Å²) in [6, 6.07) is 25.8. The van der Waals surface area contributed by atoms with Crippen molar-refractivity contribution in [2.75, 3.05) is 17.4 Å². The van der Waals surface area contributed by atoms with E-state index in [9.17, 15) is 22.4 Å². The molecule has 44 heavy (non-hydrogen) atoms.